The second-order valence-corrected chi connectivity index (χ2v) is 10.2. The van der Waals surface area contributed by atoms with Gasteiger partial charge >= 0.3 is 5.97 Å². The van der Waals surface area contributed by atoms with Crippen molar-refractivity contribution in [2.45, 2.75) is 25.7 Å². The van der Waals surface area contributed by atoms with Crippen LogP contribution < -0.4 is 0 Å². The first kappa shape index (κ1) is 40.1. The maximum Gasteiger partial charge on any atom is 0.338 e. The quantitative estimate of drug-likeness (QED) is 0.0445. The van der Waals surface area contributed by atoms with Crippen LogP contribution in [0.1, 0.15) is 36.0 Å². The molecule has 0 aliphatic heterocycles. The van der Waals surface area contributed by atoms with Gasteiger partial charge in [0.15, 0.2) is 0 Å². The number of rotatable bonds is 34. The van der Waals surface area contributed by atoms with E-state index in [-0.39, 0.29) is 12.6 Å². The van der Waals surface area contributed by atoms with Gasteiger partial charge in [0.25, 0.3) is 0 Å². The molecule has 0 aliphatic carbocycles. The number of ether oxygens (including phenoxy) is 10. The van der Waals surface area contributed by atoms with Crippen molar-refractivity contribution < 1.29 is 52.2 Å². The van der Waals surface area contributed by atoms with E-state index in [0.717, 1.165) is 13.0 Å². The Labute approximate surface area is 271 Å². The molecule has 1 aromatic rings. The summed E-state index contributed by atoms with van der Waals surface area (Å²) in [6, 6.07) is 8.86. The van der Waals surface area contributed by atoms with Crippen LogP contribution in [0, 0.1) is 0 Å². The lowest BCUT2D eigenvalue weighted by Gasteiger charge is -2.09. The van der Waals surface area contributed by atoms with Gasteiger partial charge in [-0.15, -0.1) is 0 Å². The van der Waals surface area contributed by atoms with Crippen LogP contribution in [-0.2, 0) is 47.4 Å². The van der Waals surface area contributed by atoms with Crippen LogP contribution in [-0.4, -0.2) is 136 Å². The molecule has 0 heterocycles. The van der Waals surface area contributed by atoms with Crippen molar-refractivity contribution in [3.8, 4) is 0 Å². The zero-order valence-corrected chi connectivity index (χ0v) is 27.9. The molecule has 0 atom stereocenters. The molecule has 0 N–H and O–H groups in total. The standard InChI is InChI=1S/C31H53IO11/c32-10-6-1-2-7-11-34-12-13-35-14-15-36-16-17-37-18-19-38-20-21-39-22-23-40-24-25-41-26-27-42-28-29-43-31(33)30-8-4-3-5-9-30/h3-5,8-9H,1-2,6-7,10-29H2. The van der Waals surface area contributed by atoms with E-state index in [1.54, 1.807) is 24.3 Å². The Bertz CT molecular complexity index is 700. The molecule has 0 amide bonds. The summed E-state index contributed by atoms with van der Waals surface area (Å²) in [7, 11) is 0. The van der Waals surface area contributed by atoms with E-state index in [0.29, 0.717) is 118 Å². The first-order valence-electron chi connectivity index (χ1n) is 15.3. The summed E-state index contributed by atoms with van der Waals surface area (Å²) >= 11 is 2.42. The SMILES string of the molecule is O=C(OCCOCCOCCOCCOCCOCCOCCOCCOCCOCCCCCCI)c1ccccc1. The van der Waals surface area contributed by atoms with Crippen LogP contribution in [0.2, 0.25) is 0 Å². The molecule has 0 radical (unpaired) electrons. The van der Waals surface area contributed by atoms with Crippen LogP contribution in [0.4, 0.5) is 0 Å². The van der Waals surface area contributed by atoms with Gasteiger partial charge in [-0.05, 0) is 29.4 Å². The largest absolute Gasteiger partial charge is 0.460 e. The van der Waals surface area contributed by atoms with E-state index < -0.39 is 0 Å². The molecule has 1 aromatic carbocycles. The zero-order chi connectivity index (χ0) is 30.7. The highest BCUT2D eigenvalue weighted by atomic mass is 127. The number of hydrogen-bond donors (Lipinski definition) is 0. The lowest BCUT2D eigenvalue weighted by Crippen LogP contribution is -2.15. The molecule has 12 heteroatoms. The van der Waals surface area contributed by atoms with Crippen molar-refractivity contribution in [2.75, 3.05) is 130 Å². The lowest BCUT2D eigenvalue weighted by atomic mass is 10.2. The van der Waals surface area contributed by atoms with Crippen LogP contribution in [0.3, 0.4) is 0 Å². The fourth-order valence-electron chi connectivity index (χ4n) is 3.36. The Kier molecular flexibility index (Phi) is 31.6. The Morgan fingerprint density at radius 2 is 0.744 bits per heavy atom. The monoisotopic (exact) mass is 728 g/mol. The fraction of sp³-hybridized carbons (Fsp3) is 0.774. The normalized spacial score (nSPS) is 11.3. The van der Waals surface area contributed by atoms with E-state index in [4.69, 9.17) is 47.4 Å². The fourth-order valence-corrected chi connectivity index (χ4v) is 3.90. The number of carbonyl (C=O) groups is 1. The molecule has 0 saturated carbocycles. The summed E-state index contributed by atoms with van der Waals surface area (Å²) in [5.41, 5.74) is 0.529. The lowest BCUT2D eigenvalue weighted by molar-refractivity contribution is -0.0259. The summed E-state index contributed by atoms with van der Waals surface area (Å²) < 4.78 is 55.6. The molecule has 43 heavy (non-hydrogen) atoms. The van der Waals surface area contributed by atoms with Gasteiger partial charge in [-0.2, -0.15) is 0 Å². The van der Waals surface area contributed by atoms with Crippen LogP contribution in [0.5, 0.6) is 0 Å². The van der Waals surface area contributed by atoms with Crippen LogP contribution in [0.15, 0.2) is 30.3 Å². The summed E-state index contributed by atoms with van der Waals surface area (Å²) in [5.74, 6) is -0.352. The molecule has 0 unspecified atom stereocenters. The van der Waals surface area contributed by atoms with Crippen molar-refractivity contribution in [1.82, 2.24) is 0 Å². The molecule has 0 spiro atoms. The van der Waals surface area contributed by atoms with Crippen molar-refractivity contribution in [1.29, 1.82) is 0 Å². The minimum absolute atomic E-state index is 0.207. The molecule has 0 aliphatic rings. The smallest absolute Gasteiger partial charge is 0.338 e. The van der Waals surface area contributed by atoms with Gasteiger partial charge in [-0.25, -0.2) is 4.79 Å². The van der Waals surface area contributed by atoms with Crippen molar-refractivity contribution in [2.24, 2.45) is 0 Å². The van der Waals surface area contributed by atoms with Gasteiger partial charge < -0.3 is 47.4 Å². The van der Waals surface area contributed by atoms with E-state index in [1.165, 1.54) is 23.7 Å². The highest BCUT2D eigenvalue weighted by Crippen LogP contribution is 2.02. The van der Waals surface area contributed by atoms with Gasteiger partial charge in [-0.1, -0.05) is 53.6 Å². The molecule has 0 saturated heterocycles. The van der Waals surface area contributed by atoms with Gasteiger partial charge in [0, 0.05) is 6.61 Å². The molecule has 250 valence electrons. The van der Waals surface area contributed by atoms with Crippen molar-refractivity contribution >= 4 is 28.6 Å². The third kappa shape index (κ3) is 29.5. The molecule has 0 fully saturated rings. The zero-order valence-electron chi connectivity index (χ0n) is 25.7. The Morgan fingerprint density at radius 1 is 0.419 bits per heavy atom. The van der Waals surface area contributed by atoms with E-state index in [2.05, 4.69) is 22.6 Å². The van der Waals surface area contributed by atoms with E-state index in [1.807, 2.05) is 6.07 Å². The summed E-state index contributed by atoms with van der Waals surface area (Å²) in [5, 5.41) is 0. The van der Waals surface area contributed by atoms with Gasteiger partial charge in [0.05, 0.1) is 118 Å². The number of carbonyl (C=O) groups excluding carboxylic acids is 1. The van der Waals surface area contributed by atoms with Crippen molar-refractivity contribution in [3.63, 3.8) is 0 Å². The number of hydrogen-bond acceptors (Lipinski definition) is 11. The van der Waals surface area contributed by atoms with Crippen LogP contribution in [0.25, 0.3) is 0 Å². The predicted octanol–water partition coefficient (Wildman–Crippen LogP) is 3.99. The highest BCUT2D eigenvalue weighted by Gasteiger charge is 2.05. The average Bonchev–Trinajstić information content (AvgIpc) is 3.03. The Hall–Kier alpha value is -0.940. The maximum absolute atomic E-state index is 11.8. The van der Waals surface area contributed by atoms with Gasteiger partial charge in [-0.3, -0.25) is 0 Å². The predicted molar refractivity (Wildman–Crippen MR) is 171 cm³/mol. The van der Waals surface area contributed by atoms with E-state index >= 15 is 0 Å². The molecular formula is C31H53IO11. The molecule has 11 nitrogen and oxygen atoms in total. The summed E-state index contributed by atoms with van der Waals surface area (Å²) in [6.45, 7) is 9.65. The molecular weight excluding hydrogens is 675 g/mol. The maximum atomic E-state index is 11.8. The number of esters is 1. The number of alkyl halides is 1. The number of unbranched alkanes of at least 4 members (excludes halogenated alkanes) is 3. The van der Waals surface area contributed by atoms with Gasteiger partial charge in [0.1, 0.15) is 6.61 Å². The molecule has 1 rings (SSSR count). The van der Waals surface area contributed by atoms with Gasteiger partial charge in [0.2, 0.25) is 0 Å². The topological polar surface area (TPSA) is 109 Å². The minimum atomic E-state index is -0.352. The third-order valence-corrected chi connectivity index (χ3v) is 6.38. The Balaban J connectivity index is 1.64. The highest BCUT2D eigenvalue weighted by molar-refractivity contribution is 14.1. The number of benzene rings is 1. The second kappa shape index (κ2) is 33.9. The minimum Gasteiger partial charge on any atom is -0.460 e. The first-order valence-corrected chi connectivity index (χ1v) is 16.8. The first-order chi connectivity index (χ1) is 21.3. The van der Waals surface area contributed by atoms with E-state index in [9.17, 15) is 4.79 Å². The Morgan fingerprint density at radius 3 is 1.12 bits per heavy atom. The summed E-state index contributed by atoms with van der Waals surface area (Å²) in [4.78, 5) is 11.8. The second-order valence-electron chi connectivity index (χ2n) is 9.12. The third-order valence-electron chi connectivity index (χ3n) is 5.62. The summed E-state index contributed by atoms with van der Waals surface area (Å²) in [6.07, 6.45) is 4.97. The average molecular weight is 729 g/mol. The van der Waals surface area contributed by atoms with Crippen molar-refractivity contribution in [3.05, 3.63) is 35.9 Å². The number of halogens is 1. The molecule has 0 aromatic heterocycles. The molecule has 0 bridgehead atoms. The van der Waals surface area contributed by atoms with Crippen LogP contribution >= 0.6 is 22.6 Å².